The quantitative estimate of drug-likeness (QED) is 0.846. The largest absolute Gasteiger partial charge is 0.385 e. The molecule has 6 heteroatoms. The molecule has 2 saturated heterocycles. The molecule has 2 unspecified atom stereocenters. The third kappa shape index (κ3) is 3.88. The van der Waals surface area contributed by atoms with Gasteiger partial charge in [0, 0.05) is 50.1 Å². The molecule has 27 heavy (non-hydrogen) atoms. The highest BCUT2D eigenvalue weighted by Crippen LogP contribution is 2.46. The van der Waals surface area contributed by atoms with Crippen LogP contribution in [0.15, 0.2) is 36.7 Å². The van der Waals surface area contributed by atoms with Crippen LogP contribution in [0.5, 0.6) is 0 Å². The molecule has 1 aromatic heterocycles. The molecule has 1 aromatic carbocycles. The Morgan fingerprint density at radius 1 is 1.15 bits per heavy atom. The Hall–Kier alpha value is -1.89. The van der Waals surface area contributed by atoms with E-state index in [0.717, 1.165) is 42.8 Å². The van der Waals surface area contributed by atoms with E-state index in [4.69, 9.17) is 4.74 Å². The lowest BCUT2D eigenvalue weighted by Gasteiger charge is -2.44. The summed E-state index contributed by atoms with van der Waals surface area (Å²) in [5, 5.41) is 11.2. The molecule has 2 aliphatic heterocycles. The summed E-state index contributed by atoms with van der Waals surface area (Å²) < 4.78 is 18.3. The maximum absolute atomic E-state index is 13.2. The highest BCUT2D eigenvalue weighted by Gasteiger charge is 2.48. The van der Waals surface area contributed by atoms with E-state index in [1.165, 1.54) is 12.1 Å². The molecule has 3 heterocycles. The van der Waals surface area contributed by atoms with Gasteiger partial charge >= 0.3 is 0 Å². The van der Waals surface area contributed by atoms with E-state index in [2.05, 4.69) is 14.9 Å². The molecule has 2 fully saturated rings. The third-order valence-electron chi connectivity index (χ3n) is 5.95. The van der Waals surface area contributed by atoms with Crippen LogP contribution in [0.2, 0.25) is 0 Å². The smallest absolute Gasteiger partial charge is 0.130 e. The SMILES string of the molecule is COCCc1ncc(CN2C3CCC2CC(O)(c2ccc(F)cc2)C3)cn1. The van der Waals surface area contributed by atoms with Gasteiger partial charge in [0.15, 0.2) is 0 Å². The van der Waals surface area contributed by atoms with Crippen LogP contribution in [0.3, 0.4) is 0 Å². The number of piperidine rings is 1. The molecule has 4 rings (SSSR count). The molecular weight excluding hydrogens is 345 g/mol. The van der Waals surface area contributed by atoms with Crippen molar-refractivity contribution in [3.05, 3.63) is 59.4 Å². The number of halogens is 1. The van der Waals surface area contributed by atoms with Gasteiger partial charge in [-0.05, 0) is 43.4 Å². The highest BCUT2D eigenvalue weighted by molar-refractivity contribution is 5.26. The number of nitrogens with zero attached hydrogens (tertiary/aromatic N) is 3. The van der Waals surface area contributed by atoms with Gasteiger partial charge in [0.25, 0.3) is 0 Å². The summed E-state index contributed by atoms with van der Waals surface area (Å²) in [5.74, 6) is 0.532. The van der Waals surface area contributed by atoms with Crippen molar-refractivity contribution < 1.29 is 14.2 Å². The predicted octanol–water partition coefficient (Wildman–Crippen LogP) is 2.82. The van der Waals surface area contributed by atoms with Gasteiger partial charge in [0.05, 0.1) is 12.2 Å². The van der Waals surface area contributed by atoms with Crippen LogP contribution in [0.4, 0.5) is 4.39 Å². The molecule has 1 N–H and O–H groups in total. The van der Waals surface area contributed by atoms with Crippen LogP contribution in [-0.4, -0.2) is 45.8 Å². The predicted molar refractivity (Wildman–Crippen MR) is 99.5 cm³/mol. The second-order valence-corrected chi connectivity index (χ2v) is 7.75. The van der Waals surface area contributed by atoms with Crippen LogP contribution in [0, 0.1) is 5.82 Å². The van der Waals surface area contributed by atoms with Gasteiger partial charge in [0.2, 0.25) is 0 Å². The number of aliphatic hydroxyl groups is 1. The lowest BCUT2D eigenvalue weighted by molar-refractivity contribution is -0.0595. The molecule has 2 aliphatic rings. The van der Waals surface area contributed by atoms with Gasteiger partial charge in [-0.3, -0.25) is 4.90 Å². The molecule has 144 valence electrons. The topological polar surface area (TPSA) is 58.5 Å². The fourth-order valence-electron chi connectivity index (χ4n) is 4.57. The summed E-state index contributed by atoms with van der Waals surface area (Å²) in [5.41, 5.74) is 1.06. The average molecular weight is 371 g/mol. The van der Waals surface area contributed by atoms with E-state index >= 15 is 0 Å². The summed E-state index contributed by atoms with van der Waals surface area (Å²) in [6.45, 7) is 1.43. The summed E-state index contributed by atoms with van der Waals surface area (Å²) in [4.78, 5) is 11.3. The molecular formula is C21H26FN3O2. The van der Waals surface area contributed by atoms with Crippen molar-refractivity contribution in [1.82, 2.24) is 14.9 Å². The van der Waals surface area contributed by atoms with Crippen molar-refractivity contribution in [1.29, 1.82) is 0 Å². The first-order chi connectivity index (χ1) is 13.1. The van der Waals surface area contributed by atoms with Gasteiger partial charge < -0.3 is 9.84 Å². The Kier molecular flexibility index (Phi) is 5.21. The van der Waals surface area contributed by atoms with E-state index in [9.17, 15) is 9.50 Å². The normalized spacial score (nSPS) is 27.8. The van der Waals surface area contributed by atoms with Gasteiger partial charge in [0.1, 0.15) is 11.6 Å². The number of benzene rings is 1. The second kappa shape index (κ2) is 7.62. The molecule has 0 spiro atoms. The molecule has 2 aromatic rings. The van der Waals surface area contributed by atoms with Crippen molar-refractivity contribution in [2.75, 3.05) is 13.7 Å². The van der Waals surface area contributed by atoms with E-state index in [1.807, 2.05) is 12.4 Å². The van der Waals surface area contributed by atoms with Crippen LogP contribution >= 0.6 is 0 Å². The van der Waals surface area contributed by atoms with Gasteiger partial charge in [-0.1, -0.05) is 12.1 Å². The van der Waals surface area contributed by atoms with Crippen molar-refractivity contribution >= 4 is 0 Å². The van der Waals surface area contributed by atoms with Crippen molar-refractivity contribution in [2.24, 2.45) is 0 Å². The maximum Gasteiger partial charge on any atom is 0.130 e. The molecule has 0 amide bonds. The van der Waals surface area contributed by atoms with Gasteiger partial charge in [-0.2, -0.15) is 0 Å². The zero-order chi connectivity index (χ0) is 18.9. The molecule has 0 saturated carbocycles. The first-order valence-corrected chi connectivity index (χ1v) is 9.60. The summed E-state index contributed by atoms with van der Waals surface area (Å²) >= 11 is 0. The number of hydrogen-bond donors (Lipinski definition) is 1. The van der Waals surface area contributed by atoms with Crippen LogP contribution < -0.4 is 0 Å². The zero-order valence-electron chi connectivity index (χ0n) is 15.6. The van der Waals surface area contributed by atoms with E-state index in [-0.39, 0.29) is 5.82 Å². The molecule has 2 atom stereocenters. The Labute approximate surface area is 159 Å². The highest BCUT2D eigenvalue weighted by atomic mass is 19.1. The number of ether oxygens (including phenoxy) is 1. The Balaban J connectivity index is 1.44. The summed E-state index contributed by atoms with van der Waals surface area (Å²) in [7, 11) is 1.67. The minimum atomic E-state index is -0.865. The molecule has 2 bridgehead atoms. The van der Waals surface area contributed by atoms with Crippen LogP contribution in [0.25, 0.3) is 0 Å². The Bertz CT molecular complexity index is 752. The number of fused-ring (bicyclic) bond motifs is 2. The molecule has 0 aliphatic carbocycles. The van der Waals surface area contributed by atoms with Crippen molar-refractivity contribution in [2.45, 2.75) is 56.3 Å². The molecule has 5 nitrogen and oxygen atoms in total. The number of aromatic nitrogens is 2. The number of methoxy groups -OCH3 is 1. The standard InChI is InChI=1S/C21H26FN3O2/c1-27-9-8-20-23-12-15(13-24-20)14-25-18-6-7-19(25)11-21(26,10-18)16-2-4-17(22)5-3-16/h2-5,12-13,18-19,26H,6-11,14H2,1H3. The Morgan fingerprint density at radius 3 is 2.37 bits per heavy atom. The number of rotatable bonds is 6. The van der Waals surface area contributed by atoms with Crippen molar-refractivity contribution in [3.63, 3.8) is 0 Å². The summed E-state index contributed by atoms with van der Waals surface area (Å²) in [6, 6.07) is 6.96. The number of hydrogen-bond acceptors (Lipinski definition) is 5. The minimum Gasteiger partial charge on any atom is -0.385 e. The molecule has 0 radical (unpaired) electrons. The van der Waals surface area contributed by atoms with E-state index in [0.29, 0.717) is 31.5 Å². The fraction of sp³-hybridized carbons (Fsp3) is 0.524. The lowest BCUT2D eigenvalue weighted by atomic mass is 9.80. The second-order valence-electron chi connectivity index (χ2n) is 7.75. The fourth-order valence-corrected chi connectivity index (χ4v) is 4.57. The Morgan fingerprint density at radius 2 is 1.78 bits per heavy atom. The minimum absolute atomic E-state index is 0.267. The first-order valence-electron chi connectivity index (χ1n) is 9.60. The third-order valence-corrected chi connectivity index (χ3v) is 5.95. The average Bonchev–Trinajstić information content (AvgIpc) is 2.91. The lowest BCUT2D eigenvalue weighted by Crippen LogP contribution is -2.49. The zero-order valence-corrected chi connectivity index (χ0v) is 15.6. The van der Waals surface area contributed by atoms with Crippen LogP contribution in [0.1, 0.15) is 42.6 Å². The first kappa shape index (κ1) is 18.5. The monoisotopic (exact) mass is 371 g/mol. The van der Waals surface area contributed by atoms with Crippen molar-refractivity contribution in [3.8, 4) is 0 Å². The van der Waals surface area contributed by atoms with E-state index < -0.39 is 5.60 Å². The summed E-state index contributed by atoms with van der Waals surface area (Å²) in [6.07, 6.45) is 8.05. The maximum atomic E-state index is 13.2. The van der Waals surface area contributed by atoms with Crippen LogP contribution in [-0.2, 0) is 23.3 Å². The van der Waals surface area contributed by atoms with E-state index in [1.54, 1.807) is 19.2 Å². The van der Waals surface area contributed by atoms with Gasteiger partial charge in [-0.25, -0.2) is 14.4 Å². The van der Waals surface area contributed by atoms with Gasteiger partial charge in [-0.15, -0.1) is 0 Å².